The standard InChI is InChI=1S/C17H22N2O4/c1-2-15(20)12-3-5-14(6-4-12)23-11-16(21)19-9-7-13(8-10-19)17(18)22/h3-6,13H,2,7-11H2,1H3,(H2,18,22). The largest absolute Gasteiger partial charge is 0.484 e. The van der Waals surface area contributed by atoms with E-state index in [9.17, 15) is 14.4 Å². The van der Waals surface area contributed by atoms with Crippen molar-refractivity contribution in [3.63, 3.8) is 0 Å². The highest BCUT2D eigenvalue weighted by Crippen LogP contribution is 2.17. The van der Waals surface area contributed by atoms with E-state index in [-0.39, 0.29) is 30.1 Å². The molecule has 0 aromatic heterocycles. The molecule has 0 unspecified atom stereocenters. The molecule has 0 spiro atoms. The van der Waals surface area contributed by atoms with Crippen molar-refractivity contribution in [2.45, 2.75) is 26.2 Å². The van der Waals surface area contributed by atoms with Gasteiger partial charge < -0.3 is 15.4 Å². The van der Waals surface area contributed by atoms with Gasteiger partial charge in [0.1, 0.15) is 5.75 Å². The first-order valence-corrected chi connectivity index (χ1v) is 7.84. The Morgan fingerprint density at radius 2 is 1.78 bits per heavy atom. The van der Waals surface area contributed by atoms with Gasteiger partial charge in [-0.1, -0.05) is 6.92 Å². The van der Waals surface area contributed by atoms with Crippen molar-refractivity contribution in [3.05, 3.63) is 29.8 Å². The van der Waals surface area contributed by atoms with Crippen molar-refractivity contribution in [2.75, 3.05) is 19.7 Å². The number of hydrogen-bond donors (Lipinski definition) is 1. The van der Waals surface area contributed by atoms with Crippen LogP contribution < -0.4 is 10.5 Å². The van der Waals surface area contributed by atoms with Crippen LogP contribution in [-0.2, 0) is 9.59 Å². The Bertz CT molecular complexity index is 575. The van der Waals surface area contributed by atoms with Crippen molar-refractivity contribution in [1.82, 2.24) is 4.90 Å². The summed E-state index contributed by atoms with van der Waals surface area (Å²) >= 11 is 0. The quantitative estimate of drug-likeness (QED) is 0.802. The summed E-state index contributed by atoms with van der Waals surface area (Å²) in [6.07, 6.45) is 1.67. The molecule has 1 aliphatic heterocycles. The molecule has 1 heterocycles. The number of hydrogen-bond acceptors (Lipinski definition) is 4. The lowest BCUT2D eigenvalue weighted by Gasteiger charge is -2.30. The summed E-state index contributed by atoms with van der Waals surface area (Å²) in [4.78, 5) is 36.4. The van der Waals surface area contributed by atoms with E-state index in [0.29, 0.717) is 43.7 Å². The molecule has 2 amide bonds. The third kappa shape index (κ3) is 4.55. The van der Waals surface area contributed by atoms with Gasteiger partial charge in [0.2, 0.25) is 5.91 Å². The molecule has 1 saturated heterocycles. The van der Waals surface area contributed by atoms with Gasteiger partial charge in [-0.3, -0.25) is 14.4 Å². The number of Topliss-reactive ketones (excluding diaryl/α,β-unsaturated/α-hetero) is 1. The smallest absolute Gasteiger partial charge is 0.260 e. The Balaban J connectivity index is 1.80. The minimum absolute atomic E-state index is 0.0533. The highest BCUT2D eigenvalue weighted by molar-refractivity contribution is 5.95. The summed E-state index contributed by atoms with van der Waals surface area (Å²) in [6, 6.07) is 6.78. The van der Waals surface area contributed by atoms with Crippen LogP contribution in [0, 0.1) is 5.92 Å². The number of carbonyl (C=O) groups is 3. The molecule has 6 heteroatoms. The summed E-state index contributed by atoms with van der Waals surface area (Å²) in [5, 5.41) is 0. The SMILES string of the molecule is CCC(=O)c1ccc(OCC(=O)N2CCC(C(N)=O)CC2)cc1. The second kappa shape index (κ2) is 7.76. The Morgan fingerprint density at radius 1 is 1.17 bits per heavy atom. The van der Waals surface area contributed by atoms with Crippen molar-refractivity contribution >= 4 is 17.6 Å². The zero-order valence-corrected chi connectivity index (χ0v) is 13.3. The van der Waals surface area contributed by atoms with E-state index in [0.717, 1.165) is 0 Å². The van der Waals surface area contributed by atoms with E-state index in [4.69, 9.17) is 10.5 Å². The third-order valence-corrected chi connectivity index (χ3v) is 4.11. The molecule has 0 atom stereocenters. The van der Waals surface area contributed by atoms with Crippen LogP contribution in [0.2, 0.25) is 0 Å². The number of nitrogens with two attached hydrogens (primary N) is 1. The maximum Gasteiger partial charge on any atom is 0.260 e. The molecule has 124 valence electrons. The summed E-state index contributed by atoms with van der Waals surface area (Å²) in [5.41, 5.74) is 5.91. The van der Waals surface area contributed by atoms with Gasteiger partial charge in [-0.05, 0) is 37.1 Å². The summed E-state index contributed by atoms with van der Waals surface area (Å²) in [7, 11) is 0. The molecule has 23 heavy (non-hydrogen) atoms. The normalized spacial score (nSPS) is 15.3. The van der Waals surface area contributed by atoms with Crippen LogP contribution in [-0.4, -0.2) is 42.2 Å². The molecule has 0 saturated carbocycles. The zero-order chi connectivity index (χ0) is 16.8. The van der Waals surface area contributed by atoms with Gasteiger partial charge in [0.05, 0.1) is 0 Å². The van der Waals surface area contributed by atoms with E-state index in [1.165, 1.54) is 0 Å². The number of rotatable bonds is 6. The Labute approximate surface area is 135 Å². The molecule has 1 aliphatic rings. The first kappa shape index (κ1) is 17.0. The van der Waals surface area contributed by atoms with Crippen molar-refractivity contribution in [1.29, 1.82) is 0 Å². The zero-order valence-electron chi connectivity index (χ0n) is 13.3. The van der Waals surface area contributed by atoms with Crippen LogP contribution in [0.1, 0.15) is 36.5 Å². The van der Waals surface area contributed by atoms with E-state index < -0.39 is 0 Å². The third-order valence-electron chi connectivity index (χ3n) is 4.11. The molecule has 1 aromatic carbocycles. The minimum Gasteiger partial charge on any atom is -0.484 e. The monoisotopic (exact) mass is 318 g/mol. The fraction of sp³-hybridized carbons (Fsp3) is 0.471. The Morgan fingerprint density at radius 3 is 2.30 bits per heavy atom. The Kier molecular flexibility index (Phi) is 5.73. The van der Waals surface area contributed by atoms with Gasteiger partial charge in [-0.2, -0.15) is 0 Å². The molecular formula is C17H22N2O4. The number of nitrogens with zero attached hydrogens (tertiary/aromatic N) is 1. The summed E-state index contributed by atoms with van der Waals surface area (Å²) < 4.78 is 5.47. The number of ether oxygens (including phenoxy) is 1. The first-order valence-electron chi connectivity index (χ1n) is 7.84. The maximum absolute atomic E-state index is 12.1. The molecule has 0 bridgehead atoms. The molecule has 1 fully saturated rings. The number of amides is 2. The fourth-order valence-electron chi connectivity index (χ4n) is 2.59. The number of likely N-dealkylation sites (tertiary alicyclic amines) is 1. The summed E-state index contributed by atoms with van der Waals surface area (Å²) in [5.74, 6) is 0.0864. The van der Waals surface area contributed by atoms with Crippen LogP contribution >= 0.6 is 0 Å². The molecule has 1 aromatic rings. The average molecular weight is 318 g/mol. The lowest BCUT2D eigenvalue weighted by atomic mass is 9.96. The van der Waals surface area contributed by atoms with E-state index in [2.05, 4.69) is 0 Å². The van der Waals surface area contributed by atoms with Crippen LogP contribution in [0.4, 0.5) is 0 Å². The molecule has 0 aliphatic carbocycles. The predicted molar refractivity (Wildman–Crippen MR) is 85.1 cm³/mol. The number of primary amides is 1. The van der Waals surface area contributed by atoms with Gasteiger partial charge in [-0.25, -0.2) is 0 Å². The highest BCUT2D eigenvalue weighted by atomic mass is 16.5. The van der Waals surface area contributed by atoms with E-state index in [1.54, 1.807) is 29.2 Å². The van der Waals surface area contributed by atoms with Crippen molar-refractivity contribution in [2.24, 2.45) is 11.7 Å². The van der Waals surface area contributed by atoms with Gasteiger partial charge >= 0.3 is 0 Å². The topological polar surface area (TPSA) is 89.7 Å². The van der Waals surface area contributed by atoms with Gasteiger partial charge in [0.15, 0.2) is 12.4 Å². The second-order valence-corrected chi connectivity index (χ2v) is 5.65. The number of piperidine rings is 1. The van der Waals surface area contributed by atoms with Crippen LogP contribution in [0.5, 0.6) is 5.75 Å². The Hall–Kier alpha value is -2.37. The van der Waals surface area contributed by atoms with Crippen molar-refractivity contribution in [3.8, 4) is 5.75 Å². The minimum atomic E-state index is -0.296. The van der Waals surface area contributed by atoms with Gasteiger partial charge in [0.25, 0.3) is 5.91 Å². The molecule has 0 radical (unpaired) electrons. The van der Waals surface area contributed by atoms with Crippen LogP contribution in [0.25, 0.3) is 0 Å². The lowest BCUT2D eigenvalue weighted by molar-refractivity contribution is -0.136. The van der Waals surface area contributed by atoms with Crippen LogP contribution in [0.15, 0.2) is 24.3 Å². The van der Waals surface area contributed by atoms with E-state index in [1.807, 2.05) is 6.92 Å². The molecule has 2 rings (SSSR count). The average Bonchev–Trinajstić information content (AvgIpc) is 2.59. The molecule has 6 nitrogen and oxygen atoms in total. The number of benzene rings is 1. The maximum atomic E-state index is 12.1. The predicted octanol–water partition coefficient (Wildman–Crippen LogP) is 1.38. The summed E-state index contributed by atoms with van der Waals surface area (Å²) in [6.45, 7) is 2.81. The fourth-order valence-corrected chi connectivity index (χ4v) is 2.59. The van der Waals surface area contributed by atoms with Crippen molar-refractivity contribution < 1.29 is 19.1 Å². The number of ketones is 1. The van der Waals surface area contributed by atoms with E-state index >= 15 is 0 Å². The molecule has 2 N–H and O–H groups in total. The van der Waals surface area contributed by atoms with Gasteiger partial charge in [0, 0.05) is 31.0 Å². The first-order chi connectivity index (χ1) is 11.0. The van der Waals surface area contributed by atoms with Gasteiger partial charge in [-0.15, -0.1) is 0 Å². The highest BCUT2D eigenvalue weighted by Gasteiger charge is 2.25. The second-order valence-electron chi connectivity index (χ2n) is 5.65. The van der Waals surface area contributed by atoms with Crippen LogP contribution in [0.3, 0.4) is 0 Å². The lowest BCUT2D eigenvalue weighted by Crippen LogP contribution is -2.43. The number of carbonyl (C=O) groups excluding carboxylic acids is 3. The molecular weight excluding hydrogens is 296 g/mol.